The Kier molecular flexibility index (Phi) is 4.67. The van der Waals surface area contributed by atoms with E-state index in [4.69, 9.17) is 0 Å². The van der Waals surface area contributed by atoms with Crippen LogP contribution in [0.5, 0.6) is 0 Å². The molecule has 1 N–H and O–H groups in total. The second-order valence-electron chi connectivity index (χ2n) is 6.83. The van der Waals surface area contributed by atoms with E-state index < -0.39 is 6.10 Å². The molecule has 4 rings (SSSR count). The predicted octanol–water partition coefficient (Wildman–Crippen LogP) is 2.92. The third kappa shape index (κ3) is 3.46. The van der Waals surface area contributed by atoms with Gasteiger partial charge in [0.05, 0.1) is 11.8 Å². The monoisotopic (exact) mass is 349 g/mol. The first-order chi connectivity index (χ1) is 12.7. The van der Waals surface area contributed by atoms with Crippen LogP contribution in [0.15, 0.2) is 54.7 Å². The van der Waals surface area contributed by atoms with E-state index in [1.807, 2.05) is 61.7 Å². The molecule has 6 nitrogen and oxygen atoms in total. The molecule has 1 saturated heterocycles. The molecule has 0 radical (unpaired) electrons. The van der Waals surface area contributed by atoms with Crippen molar-refractivity contribution in [2.75, 3.05) is 18.0 Å². The summed E-state index contributed by atoms with van der Waals surface area (Å²) in [5.41, 5.74) is 1.96. The fraction of sp³-hybridized carbons (Fsp3) is 0.350. The summed E-state index contributed by atoms with van der Waals surface area (Å²) in [6.07, 6.45) is 3.38. The molecule has 0 aliphatic carbocycles. The molecule has 1 aliphatic rings. The third-order valence-electron chi connectivity index (χ3n) is 5.04. The van der Waals surface area contributed by atoms with E-state index in [2.05, 4.69) is 20.2 Å². The van der Waals surface area contributed by atoms with Crippen LogP contribution in [0.1, 0.15) is 30.2 Å². The van der Waals surface area contributed by atoms with Gasteiger partial charge in [-0.1, -0.05) is 30.3 Å². The minimum absolute atomic E-state index is 0.285. The summed E-state index contributed by atoms with van der Waals surface area (Å²) >= 11 is 0. The lowest BCUT2D eigenvalue weighted by molar-refractivity contribution is 0.0928. The Balaban J connectivity index is 1.39. The van der Waals surface area contributed by atoms with Gasteiger partial charge in [0.25, 0.3) is 0 Å². The van der Waals surface area contributed by atoms with Gasteiger partial charge in [-0.05, 0) is 49.4 Å². The normalized spacial score (nSPS) is 16.6. The van der Waals surface area contributed by atoms with E-state index in [1.54, 1.807) is 4.68 Å². The zero-order chi connectivity index (χ0) is 17.9. The summed E-state index contributed by atoms with van der Waals surface area (Å²) in [5.74, 6) is 1.88. The lowest BCUT2D eigenvalue weighted by Gasteiger charge is -2.34. The highest BCUT2D eigenvalue weighted by Crippen LogP contribution is 2.31. The molecule has 1 aliphatic heterocycles. The van der Waals surface area contributed by atoms with Crippen LogP contribution < -0.4 is 4.90 Å². The summed E-state index contributed by atoms with van der Waals surface area (Å²) in [6, 6.07) is 15.8. The van der Waals surface area contributed by atoms with Gasteiger partial charge in [0, 0.05) is 19.3 Å². The van der Waals surface area contributed by atoms with Crippen molar-refractivity contribution in [2.24, 2.45) is 5.92 Å². The van der Waals surface area contributed by atoms with Gasteiger partial charge in [0.15, 0.2) is 11.6 Å². The Morgan fingerprint density at radius 3 is 2.27 bits per heavy atom. The molecule has 1 aromatic carbocycles. The number of benzene rings is 1. The quantitative estimate of drug-likeness (QED) is 0.784. The summed E-state index contributed by atoms with van der Waals surface area (Å²) < 4.78 is 1.73. The molecule has 2 aromatic heterocycles. The first kappa shape index (κ1) is 16.7. The van der Waals surface area contributed by atoms with Crippen molar-refractivity contribution in [2.45, 2.75) is 25.9 Å². The zero-order valence-corrected chi connectivity index (χ0v) is 14.9. The number of hydrogen-bond acceptors (Lipinski definition) is 5. The van der Waals surface area contributed by atoms with Crippen molar-refractivity contribution >= 4 is 5.82 Å². The molecular formula is C20H23N5O. The van der Waals surface area contributed by atoms with Gasteiger partial charge in [0.2, 0.25) is 0 Å². The van der Waals surface area contributed by atoms with Crippen LogP contribution in [0.2, 0.25) is 0 Å². The second-order valence-corrected chi connectivity index (χ2v) is 6.83. The minimum Gasteiger partial charge on any atom is -0.388 e. The predicted molar refractivity (Wildman–Crippen MR) is 100 cm³/mol. The number of aromatic nitrogens is 4. The first-order valence-corrected chi connectivity index (χ1v) is 9.05. The number of nitrogens with zero attached hydrogens (tertiary/aromatic N) is 5. The summed E-state index contributed by atoms with van der Waals surface area (Å²) in [7, 11) is 0. The molecule has 3 aromatic rings. The lowest BCUT2D eigenvalue weighted by Crippen LogP contribution is -2.36. The minimum atomic E-state index is -0.394. The van der Waals surface area contributed by atoms with Crippen molar-refractivity contribution in [3.63, 3.8) is 0 Å². The van der Waals surface area contributed by atoms with Crippen LogP contribution >= 0.6 is 0 Å². The first-order valence-electron chi connectivity index (χ1n) is 9.05. The summed E-state index contributed by atoms with van der Waals surface area (Å²) in [5, 5.41) is 23.6. The molecule has 0 saturated carbocycles. The summed E-state index contributed by atoms with van der Waals surface area (Å²) in [6.45, 7) is 3.71. The van der Waals surface area contributed by atoms with Gasteiger partial charge in [-0.2, -0.15) is 5.10 Å². The molecule has 1 atom stereocenters. The smallest absolute Gasteiger partial charge is 0.175 e. The van der Waals surface area contributed by atoms with E-state index in [9.17, 15) is 5.11 Å². The van der Waals surface area contributed by atoms with Gasteiger partial charge in [-0.3, -0.25) is 0 Å². The van der Waals surface area contributed by atoms with Crippen molar-refractivity contribution < 1.29 is 5.11 Å². The largest absolute Gasteiger partial charge is 0.388 e. The van der Waals surface area contributed by atoms with Gasteiger partial charge >= 0.3 is 0 Å². The van der Waals surface area contributed by atoms with E-state index in [0.29, 0.717) is 0 Å². The van der Waals surface area contributed by atoms with Gasteiger partial charge in [0.1, 0.15) is 0 Å². The van der Waals surface area contributed by atoms with Crippen LogP contribution in [0.4, 0.5) is 5.82 Å². The molecule has 26 heavy (non-hydrogen) atoms. The van der Waals surface area contributed by atoms with Crippen LogP contribution in [-0.4, -0.2) is 38.2 Å². The molecule has 1 fully saturated rings. The van der Waals surface area contributed by atoms with Gasteiger partial charge < -0.3 is 10.0 Å². The third-order valence-corrected chi connectivity index (χ3v) is 5.04. The van der Waals surface area contributed by atoms with E-state index in [1.165, 1.54) is 0 Å². The van der Waals surface area contributed by atoms with E-state index >= 15 is 0 Å². The standard InChI is InChI=1S/C20H23N5O/c1-15-9-14-25(23-15)19-8-7-18(21-22-19)24-12-10-17(11-13-24)20(26)16-5-3-2-4-6-16/h2-9,14,17,20,26H,10-13H2,1H3/t20-/m1/s1. The number of hydrogen-bond donors (Lipinski definition) is 1. The fourth-order valence-electron chi connectivity index (χ4n) is 3.52. The number of anilines is 1. The molecule has 0 unspecified atom stereocenters. The lowest BCUT2D eigenvalue weighted by atomic mass is 9.87. The topological polar surface area (TPSA) is 67.1 Å². The SMILES string of the molecule is Cc1ccn(-c2ccc(N3CCC([C@H](O)c4ccccc4)CC3)nn2)n1. The Morgan fingerprint density at radius 2 is 1.65 bits per heavy atom. The maximum atomic E-state index is 10.6. The summed E-state index contributed by atoms with van der Waals surface area (Å²) in [4.78, 5) is 2.24. The van der Waals surface area contributed by atoms with Crippen LogP contribution in [0, 0.1) is 12.8 Å². The molecule has 3 heterocycles. The fourth-order valence-corrected chi connectivity index (χ4v) is 3.52. The average Bonchev–Trinajstić information content (AvgIpc) is 3.15. The highest BCUT2D eigenvalue weighted by Gasteiger charge is 2.26. The van der Waals surface area contributed by atoms with E-state index in [0.717, 1.165) is 48.8 Å². The number of piperidine rings is 1. The Bertz CT molecular complexity index is 838. The van der Waals surface area contributed by atoms with Crippen molar-refractivity contribution in [1.82, 2.24) is 20.0 Å². The molecule has 0 amide bonds. The number of aryl methyl sites for hydroxylation is 1. The number of aliphatic hydroxyl groups excluding tert-OH is 1. The Labute approximate surface area is 153 Å². The van der Waals surface area contributed by atoms with Gasteiger partial charge in [-0.15, -0.1) is 10.2 Å². The number of rotatable bonds is 4. The number of aliphatic hydroxyl groups is 1. The second kappa shape index (κ2) is 7.25. The zero-order valence-electron chi connectivity index (χ0n) is 14.9. The molecule has 134 valence electrons. The van der Waals surface area contributed by atoms with Crippen LogP contribution in [0.3, 0.4) is 0 Å². The van der Waals surface area contributed by atoms with Crippen LogP contribution in [0.25, 0.3) is 5.82 Å². The maximum absolute atomic E-state index is 10.6. The highest BCUT2D eigenvalue weighted by molar-refractivity contribution is 5.40. The van der Waals surface area contributed by atoms with E-state index in [-0.39, 0.29) is 5.92 Å². The van der Waals surface area contributed by atoms with Crippen molar-refractivity contribution in [3.8, 4) is 5.82 Å². The van der Waals surface area contributed by atoms with Crippen molar-refractivity contribution in [3.05, 3.63) is 66.0 Å². The molecule has 6 heteroatoms. The highest BCUT2D eigenvalue weighted by atomic mass is 16.3. The van der Waals surface area contributed by atoms with Crippen LogP contribution in [-0.2, 0) is 0 Å². The Morgan fingerprint density at radius 1 is 0.962 bits per heavy atom. The maximum Gasteiger partial charge on any atom is 0.175 e. The van der Waals surface area contributed by atoms with Crippen molar-refractivity contribution in [1.29, 1.82) is 0 Å². The molecular weight excluding hydrogens is 326 g/mol. The Hall–Kier alpha value is -2.73. The average molecular weight is 349 g/mol. The van der Waals surface area contributed by atoms with Gasteiger partial charge in [-0.25, -0.2) is 4.68 Å². The molecule has 0 bridgehead atoms. The molecule has 0 spiro atoms.